The lowest BCUT2D eigenvalue weighted by Gasteiger charge is -2.26. The number of rotatable bonds is 5. The van der Waals surface area contributed by atoms with E-state index in [1.165, 1.54) is 13.4 Å². The summed E-state index contributed by atoms with van der Waals surface area (Å²) in [4.78, 5) is 7.97. The lowest BCUT2D eigenvalue weighted by atomic mass is 10.0. The van der Waals surface area contributed by atoms with Crippen LogP contribution < -0.4 is 10.1 Å². The number of anilines is 1. The minimum Gasteiger partial charge on any atom is -0.490 e. The van der Waals surface area contributed by atoms with Crippen molar-refractivity contribution in [2.75, 3.05) is 39.3 Å². The Hall–Kier alpha value is -1.11. The van der Waals surface area contributed by atoms with Crippen LogP contribution in [0.15, 0.2) is 6.33 Å². The number of hydrogen-bond acceptors (Lipinski definition) is 6. The van der Waals surface area contributed by atoms with Crippen molar-refractivity contribution >= 4 is 17.4 Å². The molecular weight excluding hydrogens is 258 g/mol. The number of hydrogen-bond donors (Lipinski definition) is 1. The molecular formula is C11H16ClN3O3. The van der Waals surface area contributed by atoms with Gasteiger partial charge in [0.25, 0.3) is 0 Å². The minimum absolute atomic E-state index is 0.282. The first-order valence-corrected chi connectivity index (χ1v) is 6.00. The van der Waals surface area contributed by atoms with Gasteiger partial charge in [0.05, 0.1) is 13.7 Å². The van der Waals surface area contributed by atoms with Gasteiger partial charge in [0.2, 0.25) is 0 Å². The lowest BCUT2D eigenvalue weighted by Crippen LogP contribution is -2.39. The molecule has 1 fully saturated rings. The van der Waals surface area contributed by atoms with Gasteiger partial charge in [-0.05, 0) is 0 Å². The Kier molecular flexibility index (Phi) is 4.21. The van der Waals surface area contributed by atoms with E-state index >= 15 is 0 Å². The molecule has 0 spiro atoms. The van der Waals surface area contributed by atoms with Crippen molar-refractivity contribution in [3.8, 4) is 5.75 Å². The van der Waals surface area contributed by atoms with Gasteiger partial charge in [-0.25, -0.2) is 9.97 Å². The molecule has 6 nitrogen and oxygen atoms in total. The Bertz CT molecular complexity index is 411. The van der Waals surface area contributed by atoms with Gasteiger partial charge in [0, 0.05) is 26.7 Å². The molecule has 0 aliphatic carbocycles. The Morgan fingerprint density at radius 1 is 1.50 bits per heavy atom. The number of nitrogens with zero attached hydrogens (tertiary/aromatic N) is 2. The summed E-state index contributed by atoms with van der Waals surface area (Å²) in [7, 11) is 3.21. The van der Waals surface area contributed by atoms with Crippen molar-refractivity contribution < 1.29 is 14.2 Å². The zero-order valence-electron chi connectivity index (χ0n) is 10.4. The summed E-state index contributed by atoms with van der Waals surface area (Å²) >= 11 is 5.92. The molecule has 100 valence electrons. The monoisotopic (exact) mass is 273 g/mol. The van der Waals surface area contributed by atoms with Crippen LogP contribution in [0.4, 0.5) is 5.82 Å². The van der Waals surface area contributed by atoms with E-state index in [0.717, 1.165) is 6.42 Å². The van der Waals surface area contributed by atoms with E-state index in [1.807, 2.05) is 0 Å². The second kappa shape index (κ2) is 5.69. The Labute approximate surface area is 111 Å². The lowest BCUT2D eigenvalue weighted by molar-refractivity contribution is -0.00628. The molecule has 1 aromatic rings. The number of halogens is 1. The van der Waals surface area contributed by atoms with Crippen LogP contribution in [-0.4, -0.2) is 49.5 Å². The van der Waals surface area contributed by atoms with Crippen LogP contribution in [0.5, 0.6) is 5.75 Å². The summed E-state index contributed by atoms with van der Waals surface area (Å²) in [5.41, 5.74) is -0.317. The molecule has 1 saturated heterocycles. The Morgan fingerprint density at radius 2 is 2.33 bits per heavy atom. The zero-order valence-corrected chi connectivity index (χ0v) is 11.2. The topological polar surface area (TPSA) is 65.5 Å². The molecule has 2 rings (SSSR count). The normalized spacial score (nSPS) is 23.1. The van der Waals surface area contributed by atoms with Crippen LogP contribution >= 0.6 is 11.6 Å². The molecule has 1 aliphatic heterocycles. The van der Waals surface area contributed by atoms with Crippen LogP contribution in [0.2, 0.25) is 5.15 Å². The number of methoxy groups -OCH3 is 2. The van der Waals surface area contributed by atoms with Crippen molar-refractivity contribution in [2.45, 2.75) is 12.0 Å². The first-order chi connectivity index (χ1) is 8.71. The van der Waals surface area contributed by atoms with Gasteiger partial charge in [-0.15, -0.1) is 0 Å². The fourth-order valence-corrected chi connectivity index (χ4v) is 2.08. The van der Waals surface area contributed by atoms with E-state index in [-0.39, 0.29) is 10.8 Å². The highest BCUT2D eigenvalue weighted by molar-refractivity contribution is 6.31. The van der Waals surface area contributed by atoms with E-state index in [4.69, 9.17) is 25.8 Å². The summed E-state index contributed by atoms with van der Waals surface area (Å²) in [5.74, 6) is 0.991. The average molecular weight is 274 g/mol. The van der Waals surface area contributed by atoms with Gasteiger partial charge < -0.3 is 19.5 Å². The van der Waals surface area contributed by atoms with Crippen molar-refractivity contribution in [3.63, 3.8) is 0 Å². The second-order valence-electron chi connectivity index (χ2n) is 4.09. The summed E-state index contributed by atoms with van der Waals surface area (Å²) in [5, 5.41) is 3.45. The highest BCUT2D eigenvalue weighted by Gasteiger charge is 2.35. The summed E-state index contributed by atoms with van der Waals surface area (Å²) < 4.78 is 16.1. The maximum Gasteiger partial charge on any atom is 0.198 e. The van der Waals surface area contributed by atoms with E-state index in [2.05, 4.69) is 15.3 Å². The molecule has 18 heavy (non-hydrogen) atoms. The van der Waals surface area contributed by atoms with Crippen molar-refractivity contribution in [3.05, 3.63) is 11.5 Å². The summed E-state index contributed by atoms with van der Waals surface area (Å²) in [6.45, 7) is 1.85. The zero-order chi connectivity index (χ0) is 13.0. The molecule has 1 aromatic heterocycles. The quantitative estimate of drug-likeness (QED) is 0.817. The molecule has 1 aliphatic rings. The summed E-state index contributed by atoms with van der Waals surface area (Å²) in [6, 6.07) is 0. The van der Waals surface area contributed by atoms with Gasteiger partial charge in [-0.3, -0.25) is 0 Å². The average Bonchev–Trinajstić information content (AvgIpc) is 2.86. The highest BCUT2D eigenvalue weighted by Crippen LogP contribution is 2.30. The van der Waals surface area contributed by atoms with E-state index in [1.54, 1.807) is 7.11 Å². The van der Waals surface area contributed by atoms with Gasteiger partial charge in [-0.2, -0.15) is 0 Å². The van der Waals surface area contributed by atoms with Crippen molar-refractivity contribution in [2.24, 2.45) is 0 Å². The largest absolute Gasteiger partial charge is 0.490 e. The van der Waals surface area contributed by atoms with E-state index < -0.39 is 0 Å². The third kappa shape index (κ3) is 2.66. The molecule has 1 unspecified atom stereocenters. The predicted octanol–water partition coefficient (Wildman–Crippen LogP) is 1.36. The molecule has 0 aromatic carbocycles. The van der Waals surface area contributed by atoms with Crippen molar-refractivity contribution in [1.82, 2.24) is 9.97 Å². The Balaban J connectivity index is 2.08. The molecule has 0 bridgehead atoms. The minimum atomic E-state index is -0.317. The maximum atomic E-state index is 5.92. The highest BCUT2D eigenvalue weighted by atomic mass is 35.5. The smallest absolute Gasteiger partial charge is 0.198 e. The molecule has 7 heteroatoms. The molecule has 0 amide bonds. The van der Waals surface area contributed by atoms with Gasteiger partial charge in [-0.1, -0.05) is 11.6 Å². The Morgan fingerprint density at radius 3 is 2.94 bits per heavy atom. The fourth-order valence-electron chi connectivity index (χ4n) is 1.86. The maximum absolute atomic E-state index is 5.92. The van der Waals surface area contributed by atoms with Gasteiger partial charge in [0.1, 0.15) is 11.9 Å². The molecule has 0 saturated carbocycles. The standard InChI is InChI=1S/C11H16ClN3O3/c1-16-8-9(12)14-7-15-10(8)13-5-11(17-2)3-4-18-6-11/h7H,3-6H2,1-2H3,(H,13,14,15). The number of nitrogens with one attached hydrogen (secondary N) is 1. The van der Waals surface area contributed by atoms with Gasteiger partial charge in [0.15, 0.2) is 16.7 Å². The van der Waals surface area contributed by atoms with Gasteiger partial charge >= 0.3 is 0 Å². The van der Waals surface area contributed by atoms with Crippen LogP contribution in [-0.2, 0) is 9.47 Å². The number of ether oxygens (including phenoxy) is 3. The van der Waals surface area contributed by atoms with Crippen molar-refractivity contribution in [1.29, 1.82) is 0 Å². The molecule has 1 atom stereocenters. The third-order valence-electron chi connectivity index (χ3n) is 3.04. The van der Waals surface area contributed by atoms with Crippen LogP contribution in [0, 0.1) is 0 Å². The first-order valence-electron chi connectivity index (χ1n) is 5.62. The predicted molar refractivity (Wildman–Crippen MR) is 67.3 cm³/mol. The SMILES string of the molecule is COc1c(Cl)ncnc1NCC1(OC)CCOC1. The fraction of sp³-hybridized carbons (Fsp3) is 0.636. The van der Waals surface area contributed by atoms with Crippen LogP contribution in [0.1, 0.15) is 6.42 Å². The van der Waals surface area contributed by atoms with E-state index in [9.17, 15) is 0 Å². The number of aromatic nitrogens is 2. The van der Waals surface area contributed by atoms with Crippen LogP contribution in [0.3, 0.4) is 0 Å². The molecule has 0 radical (unpaired) electrons. The second-order valence-corrected chi connectivity index (χ2v) is 4.45. The molecule has 2 heterocycles. The third-order valence-corrected chi connectivity index (χ3v) is 3.31. The summed E-state index contributed by atoms with van der Waals surface area (Å²) in [6.07, 6.45) is 2.23. The first kappa shape index (κ1) is 13.3. The van der Waals surface area contributed by atoms with E-state index in [0.29, 0.717) is 31.3 Å². The molecule has 1 N–H and O–H groups in total. The van der Waals surface area contributed by atoms with Crippen LogP contribution in [0.25, 0.3) is 0 Å².